The number of nitrogens with one attached hydrogen (secondary N) is 4. The second-order valence-corrected chi connectivity index (χ2v) is 15.3. The summed E-state index contributed by atoms with van der Waals surface area (Å²) < 4.78 is 38.9. The van der Waals surface area contributed by atoms with Gasteiger partial charge in [-0.15, -0.1) is 0 Å². The number of carbonyl (C=O) groups is 4. The molecule has 3 aliphatic rings. The molecule has 14 nitrogen and oxygen atoms in total. The minimum absolute atomic E-state index is 0.0472. The van der Waals surface area contributed by atoms with Gasteiger partial charge < -0.3 is 40.2 Å². The Kier molecular flexibility index (Phi) is 12.0. The lowest BCUT2D eigenvalue weighted by Crippen LogP contribution is -2.54. The van der Waals surface area contributed by atoms with Crippen LogP contribution in [0.1, 0.15) is 70.4 Å². The van der Waals surface area contributed by atoms with Gasteiger partial charge in [0.05, 0.1) is 57.3 Å². The molecule has 2 aromatic carbocycles. The molecule has 0 saturated carbocycles. The van der Waals surface area contributed by atoms with Crippen molar-refractivity contribution < 1.29 is 37.4 Å². The lowest BCUT2D eigenvalue weighted by Gasteiger charge is -2.31. The number of benzene rings is 2. The maximum absolute atomic E-state index is 14.8. The zero-order valence-electron chi connectivity index (χ0n) is 32.5. The van der Waals surface area contributed by atoms with Gasteiger partial charge >= 0.3 is 12.2 Å². The van der Waals surface area contributed by atoms with Gasteiger partial charge in [-0.3, -0.25) is 14.6 Å². The fraction of sp³-hybridized carbons (Fsp3) is 0.500. The number of alkyl halides is 2. The molecule has 1 aromatic heterocycles. The molecule has 2 fully saturated rings. The first-order valence-electron chi connectivity index (χ1n) is 18.9. The smallest absolute Gasteiger partial charge is 0.407 e. The number of hydrogen-bond donors (Lipinski definition) is 4. The van der Waals surface area contributed by atoms with Gasteiger partial charge in [-0.2, -0.15) is 0 Å². The second-order valence-electron chi connectivity index (χ2n) is 15.3. The van der Waals surface area contributed by atoms with Crippen molar-refractivity contribution in [2.45, 2.75) is 83.1 Å². The number of methoxy groups -OCH3 is 2. The highest BCUT2D eigenvalue weighted by Gasteiger charge is 2.50. The highest BCUT2D eigenvalue weighted by atomic mass is 19.3. The number of imidazole rings is 1. The number of hydrogen-bond acceptors (Lipinski definition) is 9. The van der Waals surface area contributed by atoms with E-state index in [0.29, 0.717) is 18.8 Å². The second kappa shape index (κ2) is 16.7. The first-order chi connectivity index (χ1) is 26.7. The van der Waals surface area contributed by atoms with E-state index in [2.05, 4.69) is 42.8 Å². The van der Waals surface area contributed by atoms with Crippen molar-refractivity contribution in [1.82, 2.24) is 35.7 Å². The molecule has 3 aromatic rings. The Bertz CT molecular complexity index is 1930. The molecule has 6 rings (SSSR count). The van der Waals surface area contributed by atoms with E-state index in [1.807, 2.05) is 55.1 Å². The average molecular weight is 777 g/mol. The molecule has 0 bridgehead atoms. The molecule has 16 heteroatoms. The quantitative estimate of drug-likeness (QED) is 0.199. The van der Waals surface area contributed by atoms with Crippen LogP contribution in [0.3, 0.4) is 0 Å². The van der Waals surface area contributed by atoms with Crippen molar-refractivity contribution in [1.29, 1.82) is 0 Å². The molecule has 4 heterocycles. The van der Waals surface area contributed by atoms with Crippen LogP contribution in [-0.4, -0.2) is 108 Å². The molecule has 4 amide bonds. The van der Waals surface area contributed by atoms with Gasteiger partial charge in [0.1, 0.15) is 23.7 Å². The van der Waals surface area contributed by atoms with Crippen molar-refractivity contribution in [3.63, 3.8) is 0 Å². The third-order valence-electron chi connectivity index (χ3n) is 10.7. The molecule has 5 atom stereocenters. The Labute approximate surface area is 324 Å². The summed E-state index contributed by atoms with van der Waals surface area (Å²) in [5, 5.41) is 8.71. The van der Waals surface area contributed by atoms with Gasteiger partial charge in [-0.05, 0) is 46.9 Å². The molecule has 0 spiro atoms. The van der Waals surface area contributed by atoms with Gasteiger partial charge in [-0.1, -0.05) is 76.2 Å². The number of amidine groups is 1. The maximum atomic E-state index is 14.8. The normalized spacial score (nSPS) is 21.4. The van der Waals surface area contributed by atoms with E-state index in [4.69, 9.17) is 9.73 Å². The molecule has 0 aliphatic carbocycles. The summed E-state index contributed by atoms with van der Waals surface area (Å²) >= 11 is 0. The molecule has 1 unspecified atom stereocenters. The topological polar surface area (TPSA) is 170 Å². The van der Waals surface area contributed by atoms with E-state index in [1.54, 1.807) is 20.0 Å². The van der Waals surface area contributed by atoms with E-state index >= 15 is 0 Å². The van der Waals surface area contributed by atoms with Gasteiger partial charge in [0.2, 0.25) is 11.8 Å². The zero-order valence-corrected chi connectivity index (χ0v) is 32.5. The minimum atomic E-state index is -3.12. The number of likely N-dealkylation sites (tertiary alicyclic amines) is 2. The van der Waals surface area contributed by atoms with E-state index in [0.717, 1.165) is 45.8 Å². The Morgan fingerprint density at radius 1 is 0.821 bits per heavy atom. The van der Waals surface area contributed by atoms with Crippen LogP contribution < -0.4 is 16.0 Å². The van der Waals surface area contributed by atoms with Crippen molar-refractivity contribution in [3.05, 3.63) is 66.1 Å². The van der Waals surface area contributed by atoms with Crippen molar-refractivity contribution in [3.8, 4) is 22.4 Å². The van der Waals surface area contributed by atoms with E-state index in [9.17, 15) is 28.0 Å². The Morgan fingerprint density at radius 3 is 1.95 bits per heavy atom. The summed E-state index contributed by atoms with van der Waals surface area (Å²) in [5.41, 5.74) is 4.43. The Balaban J connectivity index is 1.09. The van der Waals surface area contributed by atoms with Gasteiger partial charge in [0.25, 0.3) is 5.92 Å². The number of aliphatic imine (C=N–C) groups is 1. The number of aromatic nitrogens is 2. The lowest BCUT2D eigenvalue weighted by molar-refractivity contribution is -0.136. The third-order valence-corrected chi connectivity index (χ3v) is 10.7. The van der Waals surface area contributed by atoms with Crippen LogP contribution in [0.15, 0.2) is 59.7 Å². The van der Waals surface area contributed by atoms with Gasteiger partial charge in [0, 0.05) is 13.0 Å². The Hall–Kier alpha value is -5.54. The van der Waals surface area contributed by atoms with Crippen LogP contribution in [0.25, 0.3) is 22.4 Å². The van der Waals surface area contributed by atoms with E-state index in [1.165, 1.54) is 14.2 Å². The number of H-pyrrole nitrogens is 1. The van der Waals surface area contributed by atoms with Crippen molar-refractivity contribution in [2.24, 2.45) is 16.8 Å². The Morgan fingerprint density at radius 2 is 1.38 bits per heavy atom. The van der Waals surface area contributed by atoms with Crippen molar-refractivity contribution >= 4 is 29.8 Å². The van der Waals surface area contributed by atoms with E-state index < -0.39 is 55.1 Å². The first kappa shape index (κ1) is 40.1. The highest BCUT2D eigenvalue weighted by molar-refractivity contribution is 5.95. The number of rotatable bonds is 11. The molecule has 300 valence electrons. The molecule has 4 N–H and O–H groups in total. The van der Waals surface area contributed by atoms with Crippen LogP contribution in [-0.2, 0) is 19.1 Å². The summed E-state index contributed by atoms with van der Waals surface area (Å²) in [6, 6.07) is 13.0. The molecule has 2 saturated heterocycles. The fourth-order valence-electron chi connectivity index (χ4n) is 7.62. The molecular formula is C40H50F2N8O6. The zero-order chi connectivity index (χ0) is 40.3. The standard InChI is InChI=1S/C40H50F2N8O6/c1-22(2)32(47-38(53)55-5)36(51)49-17-7-8-30(49)34-43-19-28(45-34)26-13-9-24(10-14-26)25-11-15-27(16-12-25)29-20-44-35(46-29)31-18-40(41,42)21-50(31)37(52)33(23(3)4)48-39(54)56-6/h9-16,20,22-23,28,30-33H,7-8,17-19,21H2,1-6H3,(H,43,45)(H,44,46)(H,47,53)(H,48,54)/t28?,30-,31-,32-,33-/m0/s1. The van der Waals surface area contributed by atoms with Crippen LogP contribution in [0.4, 0.5) is 18.4 Å². The third kappa shape index (κ3) is 8.63. The maximum Gasteiger partial charge on any atom is 0.407 e. The predicted molar refractivity (Wildman–Crippen MR) is 205 cm³/mol. The summed E-state index contributed by atoms with van der Waals surface area (Å²) in [6.45, 7) is 7.56. The number of alkyl carbamates (subject to hydrolysis) is 2. The molecule has 3 aliphatic heterocycles. The van der Waals surface area contributed by atoms with Gasteiger partial charge in [-0.25, -0.2) is 23.4 Å². The highest BCUT2D eigenvalue weighted by Crippen LogP contribution is 2.41. The van der Waals surface area contributed by atoms with Gasteiger partial charge in [0.15, 0.2) is 0 Å². The molecule has 56 heavy (non-hydrogen) atoms. The average Bonchev–Trinajstić information content (AvgIpc) is 4.01. The summed E-state index contributed by atoms with van der Waals surface area (Å²) in [7, 11) is 2.45. The largest absolute Gasteiger partial charge is 0.453 e. The summed E-state index contributed by atoms with van der Waals surface area (Å²) in [6.07, 6.45) is 1.15. The molecule has 0 radical (unpaired) electrons. The SMILES string of the molecule is COC(=O)N[C@H](C(=O)N1CCC[C@H]1C1=NCC(c2ccc(-c3ccc(-c4cnc([C@@H]5CC(F)(F)CN5C(=O)[C@@H](NC(=O)OC)C(C)C)[nH]4)cc3)cc2)N1)C(C)C. The monoisotopic (exact) mass is 776 g/mol. The number of ether oxygens (including phenoxy) is 2. The number of nitrogens with zero attached hydrogens (tertiary/aromatic N) is 4. The number of aromatic amines is 1. The minimum Gasteiger partial charge on any atom is -0.453 e. The van der Waals surface area contributed by atoms with Crippen LogP contribution in [0.5, 0.6) is 0 Å². The predicted octanol–water partition coefficient (Wildman–Crippen LogP) is 5.45. The van der Waals surface area contributed by atoms with Crippen LogP contribution >= 0.6 is 0 Å². The molecular weight excluding hydrogens is 726 g/mol. The summed E-state index contributed by atoms with van der Waals surface area (Å²) in [4.78, 5) is 66.1. The van der Waals surface area contributed by atoms with E-state index in [-0.39, 0.29) is 35.7 Å². The summed E-state index contributed by atoms with van der Waals surface area (Å²) in [5.74, 6) is -3.37. The number of carbonyl (C=O) groups excluding carboxylic acids is 4. The van der Waals surface area contributed by atoms with Crippen LogP contribution in [0, 0.1) is 11.8 Å². The number of halogens is 2. The lowest BCUT2D eigenvalue weighted by atomic mass is 9.99. The fourth-order valence-corrected chi connectivity index (χ4v) is 7.62. The number of amides is 4. The van der Waals surface area contributed by atoms with Crippen LogP contribution in [0.2, 0.25) is 0 Å². The van der Waals surface area contributed by atoms with Crippen molar-refractivity contribution in [2.75, 3.05) is 33.9 Å². The first-order valence-corrected chi connectivity index (χ1v) is 18.9.